The van der Waals surface area contributed by atoms with Crippen LogP contribution in [0.25, 0.3) is 110 Å². The Labute approximate surface area is 865 Å². The Bertz CT molecular complexity index is 6180. The number of hydrogen-bond acceptors (Lipinski definition) is 16. The maximum Gasteiger partial charge on any atom is 0.0738 e. The lowest BCUT2D eigenvalue weighted by Gasteiger charge is -2.26. The van der Waals surface area contributed by atoms with E-state index in [9.17, 15) is 0 Å². The molecule has 0 saturated carbocycles. The molecule has 16 nitrogen and oxygen atoms in total. The van der Waals surface area contributed by atoms with Crippen molar-refractivity contribution in [3.05, 3.63) is 296 Å². The molecule has 21 heteroatoms. The second-order valence-corrected chi connectivity index (χ2v) is 44.5. The molecule has 16 rings (SSSR count). The summed E-state index contributed by atoms with van der Waals surface area (Å²) in [6.45, 7) is 54.1. The van der Waals surface area contributed by atoms with E-state index in [-0.39, 0.29) is 27.7 Å². The maximum atomic E-state index is 6.24. The molecule has 15 aromatic rings. The average molecular weight is 1990 g/mol. The molecule has 744 valence electrons. The van der Waals surface area contributed by atoms with Gasteiger partial charge in [0, 0.05) is 178 Å². The number of hydrogen-bond donors (Lipinski definition) is 10. The van der Waals surface area contributed by atoms with Gasteiger partial charge >= 0.3 is 0 Å². The van der Waals surface area contributed by atoms with E-state index < -0.39 is 0 Å². The topological polar surface area (TPSA) is 188 Å². The summed E-state index contributed by atoms with van der Waals surface area (Å²) >= 11 is 30.9. The van der Waals surface area contributed by atoms with Gasteiger partial charge in [-0.3, -0.25) is 29.8 Å². The van der Waals surface area contributed by atoms with Crippen molar-refractivity contribution in [2.24, 2.45) is 0 Å². The molecule has 1 aliphatic rings. The van der Waals surface area contributed by atoms with Crippen LogP contribution in [0, 0.1) is 27.7 Å². The highest BCUT2D eigenvalue weighted by Crippen LogP contribution is 2.42. The molecule has 5 aromatic heterocycles. The molecule has 0 bridgehead atoms. The van der Waals surface area contributed by atoms with Crippen LogP contribution in [-0.2, 0) is 6.54 Å². The number of halogens is 5. The van der Waals surface area contributed by atoms with E-state index in [0.717, 1.165) is 215 Å². The summed E-state index contributed by atoms with van der Waals surface area (Å²) in [7, 11) is 0. The quantitative estimate of drug-likeness (QED) is 0.0179. The lowest BCUT2D eigenvalue weighted by atomic mass is 10.0. The zero-order valence-electron chi connectivity index (χ0n) is 86.5. The number of aryl methyl sites for hydroxylation is 4. The van der Waals surface area contributed by atoms with E-state index in [4.69, 9.17) is 63.0 Å². The van der Waals surface area contributed by atoms with Crippen LogP contribution in [0.15, 0.2) is 243 Å². The average Bonchev–Trinajstić information content (AvgIpc) is 0.787. The van der Waals surface area contributed by atoms with Crippen molar-refractivity contribution in [3.8, 4) is 55.6 Å². The molecule has 141 heavy (non-hydrogen) atoms. The molecule has 1 aliphatic heterocycles. The number of rotatable bonds is 32. The smallest absolute Gasteiger partial charge is 0.0738 e. The summed E-state index contributed by atoms with van der Waals surface area (Å²) in [5.74, 6) is 0. The van der Waals surface area contributed by atoms with Gasteiger partial charge in [-0.2, -0.15) is 0 Å². The van der Waals surface area contributed by atoms with Gasteiger partial charge in [-0.15, -0.1) is 0 Å². The van der Waals surface area contributed by atoms with Gasteiger partial charge in [0.15, 0.2) is 0 Å². The normalized spacial score (nSPS) is 12.5. The van der Waals surface area contributed by atoms with E-state index >= 15 is 0 Å². The third-order valence-electron chi connectivity index (χ3n) is 24.2. The molecule has 0 radical (unpaired) electrons. The number of nitrogens with zero attached hydrogens (tertiary/aromatic N) is 6. The minimum Gasteiger partial charge on any atom is -0.384 e. The van der Waals surface area contributed by atoms with Crippen LogP contribution >= 0.6 is 58.0 Å². The van der Waals surface area contributed by atoms with Crippen molar-refractivity contribution in [3.63, 3.8) is 0 Å². The second-order valence-electron chi connectivity index (χ2n) is 42.3. The zero-order valence-corrected chi connectivity index (χ0v) is 90.3. The van der Waals surface area contributed by atoms with Crippen LogP contribution in [0.1, 0.15) is 183 Å². The van der Waals surface area contributed by atoms with Crippen LogP contribution in [-0.4, -0.2) is 136 Å². The molecule has 10 aromatic carbocycles. The highest BCUT2D eigenvalue weighted by molar-refractivity contribution is 6.33. The van der Waals surface area contributed by atoms with E-state index in [0.29, 0.717) is 25.1 Å². The predicted molar refractivity (Wildman–Crippen MR) is 613 cm³/mol. The van der Waals surface area contributed by atoms with Gasteiger partial charge in [0.05, 0.1) is 56.0 Å². The van der Waals surface area contributed by atoms with Crippen molar-refractivity contribution in [1.29, 1.82) is 0 Å². The molecule has 0 aliphatic carbocycles. The van der Waals surface area contributed by atoms with Crippen molar-refractivity contribution >= 4 is 141 Å². The fourth-order valence-electron chi connectivity index (χ4n) is 16.9. The van der Waals surface area contributed by atoms with Gasteiger partial charge in [-0.1, -0.05) is 208 Å². The summed E-state index contributed by atoms with van der Waals surface area (Å²) in [5.41, 5.74) is 28.8. The van der Waals surface area contributed by atoms with E-state index in [2.05, 4.69) is 361 Å². The fraction of sp³-hybridized carbons (Fsp3) is 0.375. The Balaban J connectivity index is 0.000000158. The van der Waals surface area contributed by atoms with Gasteiger partial charge in [0.25, 0.3) is 0 Å². The summed E-state index contributed by atoms with van der Waals surface area (Å²) in [5, 5.41) is 45.1. The molecule has 0 amide bonds. The monoisotopic (exact) mass is 1990 g/mol. The van der Waals surface area contributed by atoms with E-state index in [1.165, 1.54) is 88.0 Å². The standard InChI is InChI=1S/C28H37ClN4.4C23H28ClN3/c1-28(2,3)32-15-7-14-30-27-24-13-12-23(29)18-26(24)31-19-25(27)22-10-8-21(9-11-22)20-33-16-5-4-6-17-33;3*1-16-6-8-17(9-7-16)20-15-26-21-14-18(24)10-11-19(21)22(20)25-12-5-13-27-23(2,3)4;1-16-7-5-8-17(13-16)20-15-26-21-14-18(24)9-10-19(21)22(20)25-11-6-12-27-23(2,3)4/h8-13,18-19,32H,4-7,14-17,20H2,1-3H3,(H,30,31);3*6-11,14-15,27H,5,12-13H2,1-4H3,(H,25,26);5,7-10,13-15,27H,6,11-12H2,1-4H3,(H,25,26). The highest BCUT2D eigenvalue weighted by Gasteiger charge is 2.22. The second kappa shape index (κ2) is 51.6. The number of aromatic nitrogens is 5. The van der Waals surface area contributed by atoms with Gasteiger partial charge in [0.2, 0.25) is 0 Å². The molecule has 0 spiro atoms. The zero-order chi connectivity index (χ0) is 101. The number of piperidine rings is 1. The summed E-state index contributed by atoms with van der Waals surface area (Å²) in [6.07, 6.45) is 19.0. The van der Waals surface area contributed by atoms with E-state index in [1.807, 2.05) is 91.6 Å². The molecule has 0 unspecified atom stereocenters. The maximum absolute atomic E-state index is 6.24. The fourth-order valence-corrected chi connectivity index (χ4v) is 17.7. The third-order valence-corrected chi connectivity index (χ3v) is 25.4. The summed E-state index contributed by atoms with van der Waals surface area (Å²) < 4.78 is 0. The Morgan fingerprint density at radius 1 is 0.248 bits per heavy atom. The molecule has 1 fully saturated rings. The number of pyridine rings is 5. The first kappa shape index (κ1) is 109. The minimum atomic E-state index is 0.140. The molecule has 6 heterocycles. The Morgan fingerprint density at radius 3 is 0.716 bits per heavy atom. The van der Waals surface area contributed by atoms with Gasteiger partial charge < -0.3 is 53.2 Å². The lowest BCUT2D eigenvalue weighted by Crippen LogP contribution is -2.36. The van der Waals surface area contributed by atoms with Crippen molar-refractivity contribution in [1.82, 2.24) is 56.4 Å². The third kappa shape index (κ3) is 34.6. The van der Waals surface area contributed by atoms with Crippen LogP contribution in [0.4, 0.5) is 28.4 Å². The lowest BCUT2D eigenvalue weighted by molar-refractivity contribution is 0.221. The van der Waals surface area contributed by atoms with Gasteiger partial charge in [0.1, 0.15) is 0 Å². The summed E-state index contributed by atoms with van der Waals surface area (Å²) in [4.78, 5) is 25.9. The van der Waals surface area contributed by atoms with Crippen molar-refractivity contribution in [2.45, 2.75) is 217 Å². The number of nitrogens with one attached hydrogen (secondary N) is 10. The van der Waals surface area contributed by atoms with Crippen LogP contribution in [0.2, 0.25) is 25.1 Å². The molecule has 0 atom stereocenters. The molecular weight excluding hydrogens is 1840 g/mol. The minimum absolute atomic E-state index is 0.140. The Morgan fingerprint density at radius 2 is 0.482 bits per heavy atom. The highest BCUT2D eigenvalue weighted by atomic mass is 35.5. The number of likely N-dealkylation sites (tertiary alicyclic amines) is 1. The SMILES string of the molecule is CC(C)(C)NCCCNc1c(-c2ccc(CN3CCCCC3)cc2)cnc2cc(Cl)ccc12.Cc1ccc(-c2cnc3cc(Cl)ccc3c2NCCCNC(C)(C)C)cc1.Cc1ccc(-c2cnc3cc(Cl)ccc3c2NCCCNC(C)(C)C)cc1.Cc1ccc(-c2cnc3cc(Cl)ccc3c2NCCCNC(C)(C)C)cc1.Cc1cccc(-c2cnc3cc(Cl)ccc3c2NCCCNC(C)(C)C)c1. The Kier molecular flexibility index (Phi) is 40.0. The van der Waals surface area contributed by atoms with Crippen LogP contribution < -0.4 is 53.2 Å². The Hall–Kier alpha value is -10.5. The predicted octanol–water partition coefficient (Wildman–Crippen LogP) is 30.9. The molecular formula is C120H149Cl5N16. The number of benzene rings is 10. The number of anilines is 5. The van der Waals surface area contributed by atoms with Crippen molar-refractivity contribution < 1.29 is 0 Å². The molecule has 1 saturated heterocycles. The first-order valence-corrected chi connectivity index (χ1v) is 52.1. The van der Waals surface area contributed by atoms with Crippen molar-refractivity contribution in [2.75, 3.05) is 105 Å². The summed E-state index contributed by atoms with van der Waals surface area (Å²) in [6, 6.07) is 72.9. The van der Waals surface area contributed by atoms with Gasteiger partial charge in [-0.25, -0.2) is 0 Å². The van der Waals surface area contributed by atoms with E-state index in [1.54, 1.807) is 0 Å². The van der Waals surface area contributed by atoms with Gasteiger partial charge in [-0.05, 0) is 347 Å². The van der Waals surface area contributed by atoms with Crippen LogP contribution in [0.5, 0.6) is 0 Å². The number of fused-ring (bicyclic) bond motifs is 5. The molecule has 10 N–H and O–H groups in total. The first-order chi connectivity index (χ1) is 67.2. The largest absolute Gasteiger partial charge is 0.384 e. The van der Waals surface area contributed by atoms with Crippen LogP contribution in [0.3, 0.4) is 0 Å². The first-order valence-electron chi connectivity index (χ1n) is 50.2.